The van der Waals surface area contributed by atoms with Crippen molar-refractivity contribution in [2.75, 3.05) is 59.2 Å². The van der Waals surface area contributed by atoms with Gasteiger partial charge in [-0.25, -0.2) is 0 Å². The Balaban J connectivity index is 0.00000392. The summed E-state index contributed by atoms with van der Waals surface area (Å²) in [6.07, 6.45) is 6.22. The minimum Gasteiger partial charge on any atom is -0.381 e. The highest BCUT2D eigenvalue weighted by atomic mass is 127. The zero-order valence-electron chi connectivity index (χ0n) is 18.3. The van der Waals surface area contributed by atoms with Crippen molar-refractivity contribution in [3.05, 3.63) is 0 Å². The van der Waals surface area contributed by atoms with Gasteiger partial charge >= 0.3 is 0 Å². The first kappa shape index (κ1) is 25.9. The highest BCUT2D eigenvalue weighted by molar-refractivity contribution is 14.0. The second kappa shape index (κ2) is 15.7. The lowest BCUT2D eigenvalue weighted by molar-refractivity contribution is 0.00246. The lowest BCUT2D eigenvalue weighted by atomic mass is 9.97. The van der Waals surface area contributed by atoms with Gasteiger partial charge in [0.2, 0.25) is 0 Å². The summed E-state index contributed by atoms with van der Waals surface area (Å²) in [6.45, 7) is 14.9. The average molecular weight is 511 g/mol. The van der Waals surface area contributed by atoms with Gasteiger partial charge in [0.25, 0.3) is 0 Å². The van der Waals surface area contributed by atoms with Crippen LogP contribution in [0.4, 0.5) is 0 Å². The average Bonchev–Trinajstić information content (AvgIpc) is 3.23. The molecule has 0 radical (unpaired) electrons. The van der Waals surface area contributed by atoms with E-state index in [-0.39, 0.29) is 24.0 Å². The van der Waals surface area contributed by atoms with E-state index >= 15 is 0 Å². The van der Waals surface area contributed by atoms with Gasteiger partial charge in [0, 0.05) is 51.3 Å². The lowest BCUT2D eigenvalue weighted by Gasteiger charge is -2.37. The van der Waals surface area contributed by atoms with Crippen molar-refractivity contribution < 1.29 is 9.47 Å². The molecule has 2 heterocycles. The number of unbranched alkanes of at least 4 members (excludes halogenated alkanes) is 1. The van der Waals surface area contributed by atoms with E-state index in [1.54, 1.807) is 0 Å². The maximum absolute atomic E-state index is 5.68. The minimum atomic E-state index is 0. The Kier molecular flexibility index (Phi) is 14.5. The number of nitrogens with one attached hydrogen (secondary N) is 2. The first-order valence-corrected chi connectivity index (χ1v) is 11.2. The summed E-state index contributed by atoms with van der Waals surface area (Å²) in [5, 5.41) is 7.06. The largest absolute Gasteiger partial charge is 0.381 e. The fourth-order valence-electron chi connectivity index (χ4n) is 4.04. The molecule has 2 N–H and O–H groups in total. The third-order valence-corrected chi connectivity index (χ3v) is 5.90. The van der Waals surface area contributed by atoms with Crippen LogP contribution in [-0.2, 0) is 9.47 Å². The van der Waals surface area contributed by atoms with Gasteiger partial charge < -0.3 is 20.1 Å². The molecule has 3 unspecified atom stereocenters. The molecule has 2 fully saturated rings. The molecule has 3 atom stereocenters. The van der Waals surface area contributed by atoms with Crippen molar-refractivity contribution >= 4 is 29.9 Å². The van der Waals surface area contributed by atoms with Gasteiger partial charge in [-0.2, -0.15) is 0 Å². The van der Waals surface area contributed by atoms with E-state index in [0.717, 1.165) is 71.5 Å². The van der Waals surface area contributed by atoms with Crippen LogP contribution in [0.25, 0.3) is 0 Å². The molecule has 2 saturated heterocycles. The van der Waals surface area contributed by atoms with E-state index < -0.39 is 0 Å². The minimum absolute atomic E-state index is 0. The maximum Gasteiger partial charge on any atom is 0.191 e. The van der Waals surface area contributed by atoms with Crippen LogP contribution in [0.15, 0.2) is 4.99 Å². The van der Waals surface area contributed by atoms with Crippen molar-refractivity contribution in [1.82, 2.24) is 15.5 Å². The molecule has 2 rings (SSSR count). The van der Waals surface area contributed by atoms with Crippen LogP contribution in [0.5, 0.6) is 0 Å². The fraction of sp³-hybridized carbons (Fsp3) is 0.952. The normalized spacial score (nSPS) is 23.1. The van der Waals surface area contributed by atoms with Crippen LogP contribution in [-0.4, -0.2) is 76.1 Å². The molecule has 0 aromatic rings. The second-order valence-electron chi connectivity index (χ2n) is 7.86. The van der Waals surface area contributed by atoms with Gasteiger partial charge in [-0.1, -0.05) is 33.1 Å². The molecule has 0 spiro atoms. The predicted molar refractivity (Wildman–Crippen MR) is 128 cm³/mol. The molecular formula is C21H43IN4O2. The highest BCUT2D eigenvalue weighted by Crippen LogP contribution is 2.22. The van der Waals surface area contributed by atoms with Crippen LogP contribution in [0.3, 0.4) is 0 Å². The Labute approximate surface area is 189 Å². The summed E-state index contributed by atoms with van der Waals surface area (Å²) in [4.78, 5) is 7.48. The third kappa shape index (κ3) is 9.13. The van der Waals surface area contributed by atoms with Gasteiger partial charge in [0.1, 0.15) is 0 Å². The lowest BCUT2D eigenvalue weighted by Crippen LogP contribution is -2.53. The van der Waals surface area contributed by atoms with E-state index in [0.29, 0.717) is 17.9 Å². The van der Waals surface area contributed by atoms with Gasteiger partial charge in [-0.05, 0) is 25.7 Å². The number of hydrogen-bond acceptors (Lipinski definition) is 4. The van der Waals surface area contributed by atoms with Crippen LogP contribution in [0.2, 0.25) is 0 Å². The molecule has 0 amide bonds. The van der Waals surface area contributed by atoms with Crippen LogP contribution in [0.1, 0.15) is 52.9 Å². The molecule has 2 aliphatic rings. The number of aliphatic imine (C=N–C) groups is 1. The Morgan fingerprint density at radius 3 is 2.50 bits per heavy atom. The van der Waals surface area contributed by atoms with E-state index in [4.69, 9.17) is 14.5 Å². The van der Waals surface area contributed by atoms with Gasteiger partial charge in [0.15, 0.2) is 5.96 Å². The number of guanidine groups is 1. The predicted octanol–water partition coefficient (Wildman–Crippen LogP) is 3.11. The zero-order valence-corrected chi connectivity index (χ0v) is 20.6. The standard InChI is InChI=1S/C21H42N4O2.HI/c1-4-7-8-18(5-2)15-23-21(22-6-3)24-16-20(19-9-12-27-17-19)25-10-13-26-14-11-25;/h18-20H,4-17H2,1-3H3,(H2,22,23,24);1H. The van der Waals surface area contributed by atoms with E-state index in [1.165, 1.54) is 25.7 Å². The number of halogens is 1. The number of morpholine rings is 1. The molecule has 28 heavy (non-hydrogen) atoms. The SMILES string of the molecule is CCCCC(CC)CN=C(NCC)NCC(C1CCOC1)N1CCOCC1.I. The molecule has 0 bridgehead atoms. The van der Waals surface area contributed by atoms with Crippen molar-refractivity contribution in [2.24, 2.45) is 16.8 Å². The summed E-state index contributed by atoms with van der Waals surface area (Å²) in [5.74, 6) is 2.26. The Hall–Kier alpha value is -0.120. The quantitative estimate of drug-likeness (QED) is 0.254. The number of rotatable bonds is 11. The smallest absolute Gasteiger partial charge is 0.191 e. The molecule has 0 aliphatic carbocycles. The molecule has 0 aromatic carbocycles. The summed E-state index contributed by atoms with van der Waals surface area (Å²) in [7, 11) is 0. The first-order chi connectivity index (χ1) is 13.3. The molecule has 166 valence electrons. The van der Waals surface area contributed by atoms with Crippen molar-refractivity contribution in [3.8, 4) is 0 Å². The molecule has 7 heteroatoms. The molecule has 0 aromatic heterocycles. The highest BCUT2D eigenvalue weighted by Gasteiger charge is 2.31. The Morgan fingerprint density at radius 1 is 1.11 bits per heavy atom. The van der Waals surface area contributed by atoms with Gasteiger partial charge in [-0.15, -0.1) is 24.0 Å². The number of hydrogen-bond donors (Lipinski definition) is 2. The molecule has 0 saturated carbocycles. The second-order valence-corrected chi connectivity index (χ2v) is 7.86. The Bertz CT molecular complexity index is 413. The van der Waals surface area contributed by atoms with Gasteiger partial charge in [0.05, 0.1) is 19.8 Å². The molecular weight excluding hydrogens is 467 g/mol. The van der Waals surface area contributed by atoms with Crippen molar-refractivity contribution in [2.45, 2.75) is 58.9 Å². The topological polar surface area (TPSA) is 58.1 Å². The summed E-state index contributed by atoms with van der Waals surface area (Å²) >= 11 is 0. The van der Waals surface area contributed by atoms with E-state index in [9.17, 15) is 0 Å². The zero-order chi connectivity index (χ0) is 19.3. The summed E-state index contributed by atoms with van der Waals surface area (Å²) in [5.41, 5.74) is 0. The summed E-state index contributed by atoms with van der Waals surface area (Å²) in [6, 6.07) is 0.488. The molecule has 6 nitrogen and oxygen atoms in total. The maximum atomic E-state index is 5.68. The van der Waals surface area contributed by atoms with Crippen LogP contribution >= 0.6 is 24.0 Å². The molecule has 2 aliphatic heterocycles. The van der Waals surface area contributed by atoms with E-state index in [1.807, 2.05) is 0 Å². The first-order valence-electron chi connectivity index (χ1n) is 11.2. The van der Waals surface area contributed by atoms with E-state index in [2.05, 4.69) is 36.3 Å². The number of ether oxygens (including phenoxy) is 2. The Morgan fingerprint density at radius 2 is 1.89 bits per heavy atom. The van der Waals surface area contributed by atoms with Gasteiger partial charge in [-0.3, -0.25) is 9.89 Å². The fourth-order valence-corrected chi connectivity index (χ4v) is 4.04. The van der Waals surface area contributed by atoms with Crippen molar-refractivity contribution in [3.63, 3.8) is 0 Å². The van der Waals surface area contributed by atoms with Crippen molar-refractivity contribution in [1.29, 1.82) is 0 Å². The third-order valence-electron chi connectivity index (χ3n) is 5.90. The van der Waals surface area contributed by atoms with Crippen LogP contribution in [0, 0.1) is 11.8 Å². The van der Waals surface area contributed by atoms with Crippen LogP contribution < -0.4 is 10.6 Å². The monoisotopic (exact) mass is 510 g/mol. The number of nitrogens with zero attached hydrogens (tertiary/aromatic N) is 2. The summed E-state index contributed by atoms with van der Waals surface area (Å²) < 4.78 is 11.2.